The molecule has 0 aliphatic carbocycles. The fourth-order valence-electron chi connectivity index (χ4n) is 2.09. The SMILES string of the molecule is CCCCC(NC(=O)NC(CCC)c1cccs1)C(=O)O. The zero-order valence-corrected chi connectivity index (χ0v) is 13.4. The average Bonchev–Trinajstić information content (AvgIpc) is 2.96. The molecule has 0 fully saturated rings. The van der Waals surface area contributed by atoms with E-state index in [1.165, 1.54) is 0 Å². The molecule has 5 nitrogen and oxygen atoms in total. The minimum Gasteiger partial charge on any atom is -0.480 e. The van der Waals surface area contributed by atoms with Gasteiger partial charge in [-0.2, -0.15) is 0 Å². The Kier molecular flexibility index (Phi) is 7.82. The van der Waals surface area contributed by atoms with Gasteiger partial charge in [-0.15, -0.1) is 11.3 Å². The molecule has 2 unspecified atom stereocenters. The number of thiophene rings is 1. The molecular weight excluding hydrogens is 288 g/mol. The van der Waals surface area contributed by atoms with Crippen LogP contribution in [-0.2, 0) is 4.79 Å². The third-order valence-electron chi connectivity index (χ3n) is 3.22. The molecule has 0 aliphatic heterocycles. The molecule has 1 rings (SSSR count). The molecule has 0 aliphatic rings. The van der Waals surface area contributed by atoms with Crippen molar-refractivity contribution in [2.24, 2.45) is 0 Å². The van der Waals surface area contributed by atoms with E-state index in [2.05, 4.69) is 17.6 Å². The Morgan fingerprint density at radius 1 is 1.24 bits per heavy atom. The number of hydrogen-bond donors (Lipinski definition) is 3. The van der Waals surface area contributed by atoms with Crippen LogP contribution < -0.4 is 10.6 Å². The Hall–Kier alpha value is -1.56. The van der Waals surface area contributed by atoms with Crippen molar-refractivity contribution >= 4 is 23.3 Å². The van der Waals surface area contributed by atoms with Gasteiger partial charge >= 0.3 is 12.0 Å². The highest BCUT2D eigenvalue weighted by Gasteiger charge is 2.21. The van der Waals surface area contributed by atoms with Gasteiger partial charge in [-0.25, -0.2) is 9.59 Å². The van der Waals surface area contributed by atoms with Crippen LogP contribution in [0.3, 0.4) is 0 Å². The number of carbonyl (C=O) groups is 2. The van der Waals surface area contributed by atoms with E-state index in [1.807, 2.05) is 24.4 Å². The minimum atomic E-state index is -0.984. The summed E-state index contributed by atoms with van der Waals surface area (Å²) < 4.78 is 0. The summed E-state index contributed by atoms with van der Waals surface area (Å²) >= 11 is 1.59. The first-order chi connectivity index (χ1) is 10.1. The maximum absolute atomic E-state index is 12.0. The third kappa shape index (κ3) is 6.16. The predicted octanol–water partition coefficient (Wildman–Crippen LogP) is 3.53. The highest BCUT2D eigenvalue weighted by atomic mass is 32.1. The van der Waals surface area contributed by atoms with Gasteiger partial charge in [0.1, 0.15) is 6.04 Å². The summed E-state index contributed by atoms with van der Waals surface area (Å²) in [5, 5.41) is 16.5. The lowest BCUT2D eigenvalue weighted by atomic mass is 10.1. The summed E-state index contributed by atoms with van der Waals surface area (Å²) in [6, 6.07) is 2.64. The minimum absolute atomic E-state index is 0.0596. The van der Waals surface area contributed by atoms with Crippen molar-refractivity contribution in [2.75, 3.05) is 0 Å². The maximum atomic E-state index is 12.0. The molecule has 2 atom stereocenters. The summed E-state index contributed by atoms with van der Waals surface area (Å²) in [6.45, 7) is 4.05. The number of aliphatic carboxylic acids is 1. The highest BCUT2D eigenvalue weighted by Crippen LogP contribution is 2.23. The Labute approximate surface area is 129 Å². The van der Waals surface area contributed by atoms with E-state index in [9.17, 15) is 9.59 Å². The van der Waals surface area contributed by atoms with Crippen molar-refractivity contribution in [2.45, 2.75) is 58.0 Å². The molecule has 118 valence electrons. The van der Waals surface area contributed by atoms with Gasteiger partial charge in [0.05, 0.1) is 6.04 Å². The number of carboxylic acids is 1. The molecule has 0 bridgehead atoms. The quantitative estimate of drug-likeness (QED) is 0.652. The van der Waals surface area contributed by atoms with Crippen molar-refractivity contribution in [3.05, 3.63) is 22.4 Å². The number of amides is 2. The molecule has 0 saturated heterocycles. The second-order valence-corrected chi connectivity index (χ2v) is 5.99. The molecule has 0 radical (unpaired) electrons. The van der Waals surface area contributed by atoms with Crippen LogP contribution in [0.15, 0.2) is 17.5 Å². The van der Waals surface area contributed by atoms with Gasteiger partial charge in [0.15, 0.2) is 0 Å². The zero-order valence-electron chi connectivity index (χ0n) is 12.6. The number of carboxylic acid groups (broad SMARTS) is 1. The van der Waals surface area contributed by atoms with Crippen LogP contribution in [0, 0.1) is 0 Å². The first-order valence-electron chi connectivity index (χ1n) is 7.41. The van der Waals surface area contributed by atoms with Crippen LogP contribution in [0.4, 0.5) is 4.79 Å². The van der Waals surface area contributed by atoms with Gasteiger partial charge in [-0.05, 0) is 24.3 Å². The number of hydrogen-bond acceptors (Lipinski definition) is 3. The smallest absolute Gasteiger partial charge is 0.326 e. The Balaban J connectivity index is 2.58. The number of unbranched alkanes of at least 4 members (excludes halogenated alkanes) is 1. The normalized spacial score (nSPS) is 13.4. The summed E-state index contributed by atoms with van der Waals surface area (Å²) in [5.41, 5.74) is 0. The van der Waals surface area contributed by atoms with E-state index in [-0.39, 0.29) is 6.04 Å². The number of urea groups is 1. The van der Waals surface area contributed by atoms with Crippen molar-refractivity contribution in [3.63, 3.8) is 0 Å². The van der Waals surface area contributed by atoms with Crippen molar-refractivity contribution in [3.8, 4) is 0 Å². The molecule has 2 amide bonds. The van der Waals surface area contributed by atoms with E-state index in [0.717, 1.165) is 30.6 Å². The van der Waals surface area contributed by atoms with E-state index in [1.54, 1.807) is 11.3 Å². The van der Waals surface area contributed by atoms with Gasteiger partial charge in [0.25, 0.3) is 0 Å². The van der Waals surface area contributed by atoms with Crippen molar-refractivity contribution < 1.29 is 14.7 Å². The molecule has 0 aromatic carbocycles. The lowest BCUT2D eigenvalue weighted by Gasteiger charge is -2.20. The first kappa shape index (κ1) is 17.5. The fourth-order valence-corrected chi connectivity index (χ4v) is 2.90. The van der Waals surface area contributed by atoms with Crippen LogP contribution in [0.2, 0.25) is 0 Å². The Bertz CT molecular complexity index is 434. The molecule has 21 heavy (non-hydrogen) atoms. The van der Waals surface area contributed by atoms with Crippen molar-refractivity contribution in [1.29, 1.82) is 0 Å². The zero-order chi connectivity index (χ0) is 15.7. The van der Waals surface area contributed by atoms with Gasteiger partial charge < -0.3 is 15.7 Å². The number of carbonyl (C=O) groups excluding carboxylic acids is 1. The molecule has 0 spiro atoms. The lowest BCUT2D eigenvalue weighted by Crippen LogP contribution is -2.46. The highest BCUT2D eigenvalue weighted by molar-refractivity contribution is 7.10. The molecule has 1 aromatic heterocycles. The van der Waals surface area contributed by atoms with Crippen LogP contribution in [0.25, 0.3) is 0 Å². The lowest BCUT2D eigenvalue weighted by molar-refractivity contribution is -0.139. The molecule has 1 heterocycles. The molecule has 1 aromatic rings. The van der Waals surface area contributed by atoms with Crippen LogP contribution in [0.5, 0.6) is 0 Å². The predicted molar refractivity (Wildman–Crippen MR) is 84.6 cm³/mol. The summed E-state index contributed by atoms with van der Waals surface area (Å²) in [4.78, 5) is 24.3. The molecule has 3 N–H and O–H groups in total. The maximum Gasteiger partial charge on any atom is 0.326 e. The summed E-state index contributed by atoms with van der Waals surface area (Å²) in [6.07, 6.45) is 3.92. The van der Waals surface area contributed by atoms with Crippen LogP contribution in [0.1, 0.15) is 56.9 Å². The largest absolute Gasteiger partial charge is 0.480 e. The third-order valence-corrected chi connectivity index (χ3v) is 4.21. The first-order valence-corrected chi connectivity index (χ1v) is 8.29. The van der Waals surface area contributed by atoms with Gasteiger partial charge in [-0.3, -0.25) is 0 Å². The topological polar surface area (TPSA) is 78.4 Å². The second kappa shape index (κ2) is 9.39. The van der Waals surface area contributed by atoms with Crippen molar-refractivity contribution in [1.82, 2.24) is 10.6 Å². The van der Waals surface area contributed by atoms with E-state index in [4.69, 9.17) is 5.11 Å². The van der Waals surface area contributed by atoms with Gasteiger partial charge in [0.2, 0.25) is 0 Å². The second-order valence-electron chi connectivity index (χ2n) is 5.01. The number of rotatable bonds is 9. The molecule has 0 saturated carbocycles. The number of nitrogens with one attached hydrogen (secondary N) is 2. The average molecular weight is 312 g/mol. The Morgan fingerprint density at radius 3 is 2.52 bits per heavy atom. The molecular formula is C15H24N2O3S. The van der Waals surface area contributed by atoms with E-state index < -0.39 is 18.0 Å². The Morgan fingerprint density at radius 2 is 2.00 bits per heavy atom. The fraction of sp³-hybridized carbons (Fsp3) is 0.600. The van der Waals surface area contributed by atoms with E-state index in [0.29, 0.717) is 6.42 Å². The van der Waals surface area contributed by atoms with Crippen LogP contribution >= 0.6 is 11.3 Å². The standard InChI is InChI=1S/C15H24N2O3S/c1-3-5-8-12(14(18)19)17-15(20)16-11(7-4-2)13-9-6-10-21-13/h6,9-12H,3-5,7-8H2,1-2H3,(H,18,19)(H2,16,17,20). The molecule has 6 heteroatoms. The summed E-state index contributed by atoms with van der Waals surface area (Å²) in [7, 11) is 0. The van der Waals surface area contributed by atoms with Gasteiger partial charge in [0, 0.05) is 4.88 Å². The van der Waals surface area contributed by atoms with E-state index >= 15 is 0 Å². The van der Waals surface area contributed by atoms with Gasteiger partial charge in [-0.1, -0.05) is 39.2 Å². The summed E-state index contributed by atoms with van der Waals surface area (Å²) in [5.74, 6) is -0.984. The monoisotopic (exact) mass is 312 g/mol. The van der Waals surface area contributed by atoms with Crippen LogP contribution in [-0.4, -0.2) is 23.1 Å².